The first kappa shape index (κ1) is 27.6. The minimum atomic E-state index is -0.666. The molecule has 1 aliphatic heterocycles. The third-order valence-corrected chi connectivity index (χ3v) is 8.09. The van der Waals surface area contributed by atoms with Crippen LogP contribution in [0.2, 0.25) is 10.0 Å². The van der Waals surface area contributed by atoms with Crippen molar-refractivity contribution in [1.82, 2.24) is 5.32 Å². The van der Waals surface area contributed by atoms with Crippen LogP contribution in [0.25, 0.3) is 5.70 Å². The molecule has 1 atom stereocenters. The highest BCUT2D eigenvalue weighted by Crippen LogP contribution is 2.49. The van der Waals surface area contributed by atoms with E-state index in [0.717, 1.165) is 20.3 Å². The fraction of sp³-hybridized carbons (Fsp3) is 0.200. The first-order chi connectivity index (χ1) is 18.7. The van der Waals surface area contributed by atoms with Crippen molar-refractivity contribution in [3.8, 4) is 11.5 Å². The van der Waals surface area contributed by atoms with Crippen molar-refractivity contribution < 1.29 is 23.8 Å². The van der Waals surface area contributed by atoms with Gasteiger partial charge < -0.3 is 19.5 Å². The highest BCUT2D eigenvalue weighted by atomic mass is 127. The molecule has 1 aliphatic carbocycles. The van der Waals surface area contributed by atoms with Crippen LogP contribution in [-0.4, -0.2) is 25.5 Å². The average Bonchev–Trinajstić information content (AvgIpc) is 3.19. The number of fused-ring (bicyclic) bond motifs is 2. The Kier molecular flexibility index (Phi) is 7.94. The molecule has 0 saturated carbocycles. The number of Topliss-reactive ketones (excluding diaryl/α,β-unsaturated/α-hetero) is 1. The lowest BCUT2D eigenvalue weighted by molar-refractivity contribution is -0.136. The zero-order valence-corrected chi connectivity index (χ0v) is 25.0. The molecule has 0 fully saturated rings. The van der Waals surface area contributed by atoms with Crippen molar-refractivity contribution in [1.29, 1.82) is 0 Å². The highest BCUT2D eigenvalue weighted by molar-refractivity contribution is 14.1. The van der Waals surface area contributed by atoms with Gasteiger partial charge in [-0.2, -0.15) is 0 Å². The maximum Gasteiger partial charge on any atom is 0.336 e. The molecule has 0 unspecified atom stereocenters. The summed E-state index contributed by atoms with van der Waals surface area (Å²) in [6.07, 6.45) is 0. The normalized spacial score (nSPS) is 16.1. The van der Waals surface area contributed by atoms with Gasteiger partial charge in [0.05, 0.1) is 28.6 Å². The van der Waals surface area contributed by atoms with Crippen LogP contribution in [0.3, 0.4) is 0 Å². The summed E-state index contributed by atoms with van der Waals surface area (Å²) in [6, 6.07) is 16.4. The molecular weight excluding hydrogens is 652 g/mol. The van der Waals surface area contributed by atoms with Gasteiger partial charge in [0, 0.05) is 43.9 Å². The summed E-state index contributed by atoms with van der Waals surface area (Å²) in [6.45, 7) is 4.29. The van der Waals surface area contributed by atoms with E-state index in [1.165, 1.54) is 7.11 Å². The van der Waals surface area contributed by atoms with Crippen LogP contribution in [0.5, 0.6) is 11.5 Å². The van der Waals surface area contributed by atoms with Gasteiger partial charge >= 0.3 is 5.97 Å². The van der Waals surface area contributed by atoms with Crippen LogP contribution in [0, 0.1) is 3.57 Å². The second-order valence-corrected chi connectivity index (χ2v) is 11.0. The number of halogens is 3. The molecule has 0 saturated heterocycles. The minimum absolute atomic E-state index is 0.127. The molecule has 0 amide bonds. The standard InChI is InChI=1S/C30H24Cl2INO5/c1-4-38-23-12-17(11-22(33)29(23)39-14-16-9-10-18(31)13-21(16)32)25-24(30(36)37-3)15(2)34-27-19-7-5-6-8-20(19)28(35)26(25)27/h5-13,25,34H,4,14H2,1-3H3/t25-/m1/s1. The molecule has 3 aromatic rings. The van der Waals surface area contributed by atoms with Crippen LogP contribution in [-0.2, 0) is 16.1 Å². The summed E-state index contributed by atoms with van der Waals surface area (Å²) in [4.78, 5) is 26.8. The number of ether oxygens (including phenoxy) is 3. The SMILES string of the molecule is CCOc1cc([C@@H]2C(C(=O)OC)=C(C)NC3=C2C(=O)c2ccccc23)cc(I)c1OCc1ccc(Cl)cc1Cl. The quantitative estimate of drug-likeness (QED) is 0.209. The number of hydrogen-bond acceptors (Lipinski definition) is 6. The lowest BCUT2D eigenvalue weighted by atomic mass is 9.79. The van der Waals surface area contributed by atoms with E-state index in [9.17, 15) is 9.59 Å². The Bertz CT molecular complexity index is 1580. The van der Waals surface area contributed by atoms with Gasteiger partial charge in [0.1, 0.15) is 6.61 Å². The lowest BCUT2D eigenvalue weighted by Crippen LogP contribution is -2.29. The fourth-order valence-electron chi connectivity index (χ4n) is 4.99. The number of dihydropyridines is 1. The van der Waals surface area contributed by atoms with Gasteiger partial charge in [-0.25, -0.2) is 4.79 Å². The number of benzene rings is 3. The molecule has 0 bridgehead atoms. The predicted octanol–water partition coefficient (Wildman–Crippen LogP) is 7.32. The van der Waals surface area contributed by atoms with Gasteiger partial charge in [-0.05, 0) is 66.3 Å². The van der Waals surface area contributed by atoms with E-state index < -0.39 is 11.9 Å². The monoisotopic (exact) mass is 675 g/mol. The van der Waals surface area contributed by atoms with Crippen molar-refractivity contribution in [2.45, 2.75) is 26.4 Å². The van der Waals surface area contributed by atoms with Gasteiger partial charge in [-0.1, -0.05) is 53.5 Å². The van der Waals surface area contributed by atoms with E-state index in [1.807, 2.05) is 50.2 Å². The van der Waals surface area contributed by atoms with Crippen molar-refractivity contribution in [2.24, 2.45) is 0 Å². The van der Waals surface area contributed by atoms with Crippen molar-refractivity contribution >= 4 is 63.2 Å². The second-order valence-electron chi connectivity index (χ2n) is 9.04. The van der Waals surface area contributed by atoms with E-state index in [1.54, 1.807) is 18.2 Å². The van der Waals surface area contributed by atoms with Crippen LogP contribution in [0.15, 0.2) is 71.4 Å². The number of esters is 1. The fourth-order valence-corrected chi connectivity index (χ4v) is 6.23. The first-order valence-corrected chi connectivity index (χ1v) is 14.1. The number of hydrogen-bond donors (Lipinski definition) is 1. The molecule has 6 nitrogen and oxygen atoms in total. The maximum absolute atomic E-state index is 13.7. The Morgan fingerprint density at radius 1 is 1.05 bits per heavy atom. The van der Waals surface area contributed by atoms with Crippen LogP contribution in [0.4, 0.5) is 0 Å². The van der Waals surface area contributed by atoms with Gasteiger partial charge in [0.25, 0.3) is 0 Å². The summed E-state index contributed by atoms with van der Waals surface area (Å²) in [5, 5.41) is 4.35. The average molecular weight is 676 g/mol. The van der Waals surface area contributed by atoms with Crippen LogP contribution < -0.4 is 14.8 Å². The van der Waals surface area contributed by atoms with Crippen LogP contribution >= 0.6 is 45.8 Å². The number of nitrogens with one attached hydrogen (secondary N) is 1. The molecule has 0 radical (unpaired) electrons. The van der Waals surface area contributed by atoms with Crippen molar-refractivity contribution in [3.63, 3.8) is 0 Å². The molecule has 200 valence electrons. The number of carbonyl (C=O) groups excluding carboxylic acids is 2. The lowest BCUT2D eigenvalue weighted by Gasteiger charge is -2.29. The molecule has 1 N–H and O–H groups in total. The molecule has 5 rings (SSSR count). The molecule has 0 spiro atoms. The number of ketones is 1. The van der Waals surface area contributed by atoms with E-state index in [2.05, 4.69) is 27.9 Å². The van der Waals surface area contributed by atoms with Crippen molar-refractivity contribution in [3.05, 3.63) is 107 Å². The second kappa shape index (κ2) is 11.2. The summed E-state index contributed by atoms with van der Waals surface area (Å²) in [7, 11) is 1.34. The van der Waals surface area contributed by atoms with Gasteiger partial charge in [0.2, 0.25) is 0 Å². The van der Waals surface area contributed by atoms with Gasteiger partial charge in [0.15, 0.2) is 17.3 Å². The number of rotatable bonds is 7. The molecule has 9 heteroatoms. The number of allylic oxidation sites excluding steroid dienone is 2. The minimum Gasteiger partial charge on any atom is -0.490 e. The topological polar surface area (TPSA) is 73.9 Å². The third-order valence-electron chi connectivity index (χ3n) is 6.71. The Morgan fingerprint density at radius 3 is 2.49 bits per heavy atom. The number of carbonyl (C=O) groups is 2. The van der Waals surface area contributed by atoms with Gasteiger partial charge in [-0.15, -0.1) is 0 Å². The summed E-state index contributed by atoms with van der Waals surface area (Å²) in [5.74, 6) is -0.267. The van der Waals surface area contributed by atoms with Crippen molar-refractivity contribution in [2.75, 3.05) is 13.7 Å². The van der Waals surface area contributed by atoms with Crippen LogP contribution in [0.1, 0.15) is 46.8 Å². The first-order valence-electron chi connectivity index (χ1n) is 12.2. The Morgan fingerprint density at radius 2 is 1.79 bits per heavy atom. The molecule has 3 aromatic carbocycles. The van der Waals surface area contributed by atoms with E-state index in [4.69, 9.17) is 37.4 Å². The molecule has 0 aromatic heterocycles. The molecule has 1 heterocycles. The Labute approximate surface area is 250 Å². The predicted molar refractivity (Wildman–Crippen MR) is 159 cm³/mol. The van der Waals surface area contributed by atoms with E-state index >= 15 is 0 Å². The molecular formula is C30H24Cl2INO5. The highest BCUT2D eigenvalue weighted by Gasteiger charge is 2.43. The Hall–Kier alpha value is -3.01. The summed E-state index contributed by atoms with van der Waals surface area (Å²) in [5.41, 5.74) is 5.10. The Balaban J connectivity index is 1.61. The zero-order valence-electron chi connectivity index (χ0n) is 21.4. The smallest absolute Gasteiger partial charge is 0.336 e. The van der Waals surface area contributed by atoms with E-state index in [-0.39, 0.29) is 12.4 Å². The molecule has 2 aliphatic rings. The number of methoxy groups -OCH3 is 1. The van der Waals surface area contributed by atoms with Gasteiger partial charge in [-0.3, -0.25) is 4.79 Å². The third kappa shape index (κ3) is 5.03. The maximum atomic E-state index is 13.7. The van der Waals surface area contributed by atoms with E-state index in [0.29, 0.717) is 56.3 Å². The zero-order chi connectivity index (χ0) is 27.8. The largest absolute Gasteiger partial charge is 0.490 e. The summed E-state index contributed by atoms with van der Waals surface area (Å²) >= 11 is 14.6. The summed E-state index contributed by atoms with van der Waals surface area (Å²) < 4.78 is 18.1. The molecule has 39 heavy (non-hydrogen) atoms.